The smallest absolute Gasteiger partial charge is 0.0698 e. The molecule has 0 saturated heterocycles. The minimum absolute atomic E-state index is 0.0830. The SMILES string of the molecule is OCCOCCNCc1ccc(Br)c(Br)c1. The number of rotatable bonds is 7. The molecule has 0 aliphatic heterocycles. The average Bonchev–Trinajstić information content (AvgIpc) is 2.28. The van der Waals surface area contributed by atoms with Crippen LogP contribution in [0.25, 0.3) is 0 Å². The van der Waals surface area contributed by atoms with Crippen molar-refractivity contribution in [3.05, 3.63) is 32.7 Å². The van der Waals surface area contributed by atoms with E-state index < -0.39 is 0 Å². The summed E-state index contributed by atoms with van der Waals surface area (Å²) in [4.78, 5) is 0. The number of ether oxygens (including phenoxy) is 1. The highest BCUT2D eigenvalue weighted by Gasteiger charge is 1.98. The fourth-order valence-electron chi connectivity index (χ4n) is 1.19. The summed E-state index contributed by atoms with van der Waals surface area (Å²) in [5.74, 6) is 0. The van der Waals surface area contributed by atoms with E-state index in [0.717, 1.165) is 22.0 Å². The van der Waals surface area contributed by atoms with Crippen molar-refractivity contribution < 1.29 is 9.84 Å². The van der Waals surface area contributed by atoms with E-state index in [9.17, 15) is 0 Å². The van der Waals surface area contributed by atoms with Gasteiger partial charge in [0.05, 0.1) is 19.8 Å². The summed E-state index contributed by atoms with van der Waals surface area (Å²) in [6.45, 7) is 2.71. The molecule has 0 amide bonds. The highest BCUT2D eigenvalue weighted by Crippen LogP contribution is 2.23. The lowest BCUT2D eigenvalue weighted by molar-refractivity contribution is 0.0938. The summed E-state index contributed by atoms with van der Waals surface area (Å²) < 4.78 is 7.25. The summed E-state index contributed by atoms with van der Waals surface area (Å²) in [6, 6.07) is 6.16. The van der Waals surface area contributed by atoms with E-state index in [1.807, 2.05) is 6.07 Å². The van der Waals surface area contributed by atoms with Gasteiger partial charge in [-0.25, -0.2) is 0 Å². The molecule has 1 rings (SSSR count). The van der Waals surface area contributed by atoms with Crippen LogP contribution in [0.5, 0.6) is 0 Å². The van der Waals surface area contributed by atoms with Gasteiger partial charge in [0, 0.05) is 22.0 Å². The van der Waals surface area contributed by atoms with Gasteiger partial charge in [-0.05, 0) is 49.6 Å². The molecule has 0 heterocycles. The maximum absolute atomic E-state index is 8.50. The van der Waals surface area contributed by atoms with Gasteiger partial charge in [0.25, 0.3) is 0 Å². The Hall–Kier alpha value is 0.0600. The third-order valence-electron chi connectivity index (χ3n) is 1.97. The second-order valence-electron chi connectivity index (χ2n) is 3.26. The summed E-state index contributed by atoms with van der Waals surface area (Å²) in [7, 11) is 0. The first kappa shape index (κ1) is 14.1. The van der Waals surface area contributed by atoms with Crippen LogP contribution in [0.4, 0.5) is 0 Å². The Labute approximate surface area is 112 Å². The maximum atomic E-state index is 8.50. The number of aliphatic hydroxyl groups is 1. The lowest BCUT2D eigenvalue weighted by atomic mass is 10.2. The number of hydrogen-bond acceptors (Lipinski definition) is 3. The highest BCUT2D eigenvalue weighted by molar-refractivity contribution is 9.13. The van der Waals surface area contributed by atoms with Crippen LogP contribution in [0.2, 0.25) is 0 Å². The second kappa shape index (κ2) is 8.20. The predicted molar refractivity (Wildman–Crippen MR) is 71.5 cm³/mol. The number of nitrogens with one attached hydrogen (secondary N) is 1. The van der Waals surface area contributed by atoms with E-state index in [2.05, 4.69) is 49.3 Å². The summed E-state index contributed by atoms with van der Waals surface area (Å²) in [5, 5.41) is 11.8. The largest absolute Gasteiger partial charge is 0.394 e. The molecule has 5 heteroatoms. The van der Waals surface area contributed by atoms with Crippen molar-refractivity contribution in [2.45, 2.75) is 6.54 Å². The Balaban J connectivity index is 2.19. The van der Waals surface area contributed by atoms with Crippen molar-refractivity contribution in [1.82, 2.24) is 5.32 Å². The van der Waals surface area contributed by atoms with Crippen LogP contribution in [0.1, 0.15) is 5.56 Å². The summed E-state index contributed by atoms with van der Waals surface area (Å²) >= 11 is 6.89. The summed E-state index contributed by atoms with van der Waals surface area (Å²) in [5.41, 5.74) is 1.22. The van der Waals surface area contributed by atoms with Crippen molar-refractivity contribution >= 4 is 31.9 Å². The molecule has 0 aliphatic rings. The van der Waals surface area contributed by atoms with Gasteiger partial charge in [-0.1, -0.05) is 6.07 Å². The van der Waals surface area contributed by atoms with Crippen molar-refractivity contribution in [3.8, 4) is 0 Å². The topological polar surface area (TPSA) is 41.5 Å². The molecule has 0 unspecified atom stereocenters. The van der Waals surface area contributed by atoms with E-state index in [0.29, 0.717) is 13.2 Å². The molecule has 0 bridgehead atoms. The average molecular weight is 353 g/mol. The third kappa shape index (κ3) is 5.41. The molecule has 1 aromatic rings. The molecule has 16 heavy (non-hydrogen) atoms. The van der Waals surface area contributed by atoms with Gasteiger partial charge in [0.15, 0.2) is 0 Å². The molecular weight excluding hydrogens is 338 g/mol. The predicted octanol–water partition coefficient (Wildman–Crippen LogP) is 2.31. The fourth-order valence-corrected chi connectivity index (χ4v) is 1.87. The third-order valence-corrected chi connectivity index (χ3v) is 3.85. The van der Waals surface area contributed by atoms with Crippen LogP contribution >= 0.6 is 31.9 Å². The van der Waals surface area contributed by atoms with Crippen LogP contribution < -0.4 is 5.32 Å². The molecule has 0 fully saturated rings. The van der Waals surface area contributed by atoms with Gasteiger partial charge >= 0.3 is 0 Å². The lowest BCUT2D eigenvalue weighted by Gasteiger charge is -2.06. The first-order valence-electron chi connectivity index (χ1n) is 5.07. The number of benzene rings is 1. The molecule has 0 saturated carbocycles. The first-order chi connectivity index (χ1) is 7.74. The molecule has 1 aromatic carbocycles. The Bertz CT molecular complexity index is 321. The summed E-state index contributed by atoms with van der Waals surface area (Å²) in [6.07, 6.45) is 0. The molecule has 0 atom stereocenters. The van der Waals surface area contributed by atoms with E-state index in [4.69, 9.17) is 9.84 Å². The highest BCUT2D eigenvalue weighted by atomic mass is 79.9. The van der Waals surface area contributed by atoms with Crippen molar-refractivity contribution in [2.24, 2.45) is 0 Å². The normalized spacial score (nSPS) is 10.7. The van der Waals surface area contributed by atoms with Crippen LogP contribution in [0.15, 0.2) is 27.1 Å². The van der Waals surface area contributed by atoms with Crippen LogP contribution in [0, 0.1) is 0 Å². The second-order valence-corrected chi connectivity index (χ2v) is 4.97. The zero-order valence-corrected chi connectivity index (χ0v) is 12.1. The minimum atomic E-state index is 0.0830. The Morgan fingerprint density at radius 3 is 2.69 bits per heavy atom. The Morgan fingerprint density at radius 1 is 1.19 bits per heavy atom. The lowest BCUT2D eigenvalue weighted by Crippen LogP contribution is -2.19. The quantitative estimate of drug-likeness (QED) is 0.740. The number of aliphatic hydroxyl groups excluding tert-OH is 1. The Kier molecular flexibility index (Phi) is 7.23. The molecule has 0 aromatic heterocycles. The van der Waals surface area contributed by atoms with E-state index in [1.165, 1.54) is 5.56 Å². The van der Waals surface area contributed by atoms with Crippen molar-refractivity contribution in [2.75, 3.05) is 26.4 Å². The van der Waals surface area contributed by atoms with Crippen molar-refractivity contribution in [3.63, 3.8) is 0 Å². The fraction of sp³-hybridized carbons (Fsp3) is 0.455. The van der Waals surface area contributed by atoms with E-state index >= 15 is 0 Å². The van der Waals surface area contributed by atoms with Crippen LogP contribution in [0.3, 0.4) is 0 Å². The molecule has 2 N–H and O–H groups in total. The van der Waals surface area contributed by atoms with Gasteiger partial charge in [0.1, 0.15) is 0 Å². The van der Waals surface area contributed by atoms with Gasteiger partial charge in [-0.2, -0.15) is 0 Å². The van der Waals surface area contributed by atoms with Crippen LogP contribution in [-0.2, 0) is 11.3 Å². The number of halogens is 2. The van der Waals surface area contributed by atoms with Gasteiger partial charge in [-0.15, -0.1) is 0 Å². The zero-order valence-electron chi connectivity index (χ0n) is 8.88. The number of hydrogen-bond donors (Lipinski definition) is 2. The monoisotopic (exact) mass is 351 g/mol. The van der Waals surface area contributed by atoms with Gasteiger partial charge in [-0.3, -0.25) is 0 Å². The molecule has 3 nitrogen and oxygen atoms in total. The minimum Gasteiger partial charge on any atom is -0.394 e. The van der Waals surface area contributed by atoms with Crippen molar-refractivity contribution in [1.29, 1.82) is 0 Å². The van der Waals surface area contributed by atoms with Gasteiger partial charge < -0.3 is 15.2 Å². The molecule has 0 aliphatic carbocycles. The Morgan fingerprint density at radius 2 is 2.00 bits per heavy atom. The molecule has 90 valence electrons. The van der Waals surface area contributed by atoms with Crippen LogP contribution in [-0.4, -0.2) is 31.5 Å². The molecule has 0 spiro atoms. The van der Waals surface area contributed by atoms with Gasteiger partial charge in [0.2, 0.25) is 0 Å². The van der Waals surface area contributed by atoms with E-state index in [1.54, 1.807) is 0 Å². The maximum Gasteiger partial charge on any atom is 0.0698 e. The first-order valence-corrected chi connectivity index (χ1v) is 6.66. The van der Waals surface area contributed by atoms with E-state index in [-0.39, 0.29) is 6.61 Å². The molecule has 0 radical (unpaired) electrons. The standard InChI is InChI=1S/C11H15Br2NO2/c12-10-2-1-9(7-11(10)13)8-14-3-5-16-6-4-15/h1-2,7,14-15H,3-6,8H2. The zero-order chi connectivity index (χ0) is 11.8. The molecular formula is C11H15Br2NO2.